The van der Waals surface area contributed by atoms with Crippen LogP contribution in [-0.2, 0) is 4.79 Å². The van der Waals surface area contributed by atoms with E-state index in [1.165, 1.54) is 0 Å². The van der Waals surface area contributed by atoms with Gasteiger partial charge in [0.25, 0.3) is 5.24 Å². The Labute approximate surface area is 128 Å². The number of β-amino-alcohol motifs (C(OH)–C–C–N with tert-alkyl or cyclic N) is 1. The number of carbonyl (C=O) groups excluding carboxylic acids is 2. The number of benzene rings is 1. The van der Waals surface area contributed by atoms with Gasteiger partial charge in [0.1, 0.15) is 18.5 Å². The topological polar surface area (TPSA) is 66.8 Å². The first kappa shape index (κ1) is 15.9. The number of aryl methyl sites for hydroxylation is 1. The molecular weight excluding hydrogens is 290 g/mol. The van der Waals surface area contributed by atoms with Crippen molar-refractivity contribution in [1.82, 2.24) is 4.90 Å². The van der Waals surface area contributed by atoms with Crippen molar-refractivity contribution in [3.63, 3.8) is 0 Å². The number of ether oxygens (including phenoxy) is 1. The first-order valence-electron chi connectivity index (χ1n) is 6.72. The summed E-state index contributed by atoms with van der Waals surface area (Å²) in [4.78, 5) is 24.9. The fourth-order valence-electron chi connectivity index (χ4n) is 2.05. The summed E-state index contributed by atoms with van der Waals surface area (Å²) in [5.41, 5.74) is 0.967. The van der Waals surface area contributed by atoms with Gasteiger partial charge in [-0.3, -0.25) is 14.5 Å². The van der Waals surface area contributed by atoms with Crippen LogP contribution in [0.1, 0.15) is 19.4 Å². The highest BCUT2D eigenvalue weighted by Crippen LogP contribution is 2.36. The second-order valence-corrected chi connectivity index (χ2v) is 7.10. The predicted octanol–water partition coefficient (Wildman–Crippen LogP) is 2.21. The van der Waals surface area contributed by atoms with E-state index in [-0.39, 0.29) is 24.3 Å². The Morgan fingerprint density at radius 3 is 2.57 bits per heavy atom. The van der Waals surface area contributed by atoms with Crippen molar-refractivity contribution in [3.8, 4) is 5.75 Å². The SMILES string of the molecule is Cc1ccccc1OC[C@@H](O)CN1C(=O)SC(C)(C)C1=O. The molecule has 0 bridgehead atoms. The molecule has 1 fully saturated rings. The van der Waals surface area contributed by atoms with Crippen molar-refractivity contribution < 1.29 is 19.4 Å². The first-order valence-corrected chi connectivity index (χ1v) is 7.54. The third kappa shape index (κ3) is 3.57. The Kier molecular flexibility index (Phi) is 4.58. The third-order valence-electron chi connectivity index (χ3n) is 3.24. The van der Waals surface area contributed by atoms with E-state index in [1.54, 1.807) is 13.8 Å². The number of thioether (sulfide) groups is 1. The summed E-state index contributed by atoms with van der Waals surface area (Å²) in [5, 5.41) is 9.67. The summed E-state index contributed by atoms with van der Waals surface area (Å²) < 4.78 is 4.77. The number of rotatable bonds is 5. The molecule has 1 aliphatic heterocycles. The van der Waals surface area contributed by atoms with Gasteiger partial charge in [-0.15, -0.1) is 0 Å². The smallest absolute Gasteiger partial charge is 0.289 e. The van der Waals surface area contributed by atoms with E-state index in [2.05, 4.69) is 0 Å². The highest BCUT2D eigenvalue weighted by Gasteiger charge is 2.46. The molecule has 21 heavy (non-hydrogen) atoms. The van der Waals surface area contributed by atoms with Crippen molar-refractivity contribution in [2.75, 3.05) is 13.2 Å². The minimum atomic E-state index is -0.910. The summed E-state index contributed by atoms with van der Waals surface area (Å²) in [6, 6.07) is 7.47. The van der Waals surface area contributed by atoms with E-state index in [4.69, 9.17) is 4.74 Å². The van der Waals surface area contributed by atoms with Crippen LogP contribution in [0.25, 0.3) is 0 Å². The molecule has 0 aromatic heterocycles. The van der Waals surface area contributed by atoms with Gasteiger partial charge in [0.2, 0.25) is 5.91 Å². The summed E-state index contributed by atoms with van der Waals surface area (Å²) in [6.07, 6.45) is -0.910. The van der Waals surface area contributed by atoms with Crippen LogP contribution < -0.4 is 4.74 Å². The Morgan fingerprint density at radius 1 is 1.33 bits per heavy atom. The maximum atomic E-state index is 12.0. The van der Waals surface area contributed by atoms with Gasteiger partial charge in [-0.05, 0) is 44.2 Å². The Balaban J connectivity index is 1.91. The molecule has 1 aromatic carbocycles. The molecule has 0 unspecified atom stereocenters. The van der Waals surface area contributed by atoms with Crippen molar-refractivity contribution in [3.05, 3.63) is 29.8 Å². The summed E-state index contributed by atoms with van der Waals surface area (Å²) in [7, 11) is 0. The minimum Gasteiger partial charge on any atom is -0.491 e. The molecule has 114 valence electrons. The van der Waals surface area contributed by atoms with E-state index >= 15 is 0 Å². The summed E-state index contributed by atoms with van der Waals surface area (Å²) in [5.74, 6) is 0.415. The second-order valence-electron chi connectivity index (χ2n) is 5.52. The number of aliphatic hydroxyl groups excluding tert-OH is 1. The lowest BCUT2D eigenvalue weighted by atomic mass is 10.2. The van der Waals surface area contributed by atoms with Crippen molar-refractivity contribution >= 4 is 22.9 Å². The molecule has 1 N–H and O–H groups in total. The molecule has 5 nitrogen and oxygen atoms in total. The number of nitrogens with zero attached hydrogens (tertiary/aromatic N) is 1. The number of para-hydroxylation sites is 1. The first-order chi connectivity index (χ1) is 9.81. The van der Waals surface area contributed by atoms with Gasteiger partial charge in [-0.25, -0.2) is 0 Å². The zero-order valence-corrected chi connectivity index (χ0v) is 13.1. The molecule has 1 aliphatic rings. The van der Waals surface area contributed by atoms with Gasteiger partial charge in [-0.1, -0.05) is 18.2 Å². The molecule has 2 rings (SSSR count). The second kappa shape index (κ2) is 6.07. The molecule has 0 saturated carbocycles. The van der Waals surface area contributed by atoms with Gasteiger partial charge < -0.3 is 9.84 Å². The molecule has 1 atom stereocenters. The quantitative estimate of drug-likeness (QED) is 0.903. The maximum absolute atomic E-state index is 12.0. The van der Waals surface area contributed by atoms with Crippen molar-refractivity contribution in [2.24, 2.45) is 0 Å². The van der Waals surface area contributed by atoms with E-state index in [9.17, 15) is 14.7 Å². The van der Waals surface area contributed by atoms with Gasteiger partial charge in [0.15, 0.2) is 0 Å². The van der Waals surface area contributed by atoms with Gasteiger partial charge >= 0.3 is 0 Å². The molecule has 1 saturated heterocycles. The minimum absolute atomic E-state index is 0.0347. The fraction of sp³-hybridized carbons (Fsp3) is 0.467. The molecule has 1 heterocycles. The highest BCUT2D eigenvalue weighted by molar-refractivity contribution is 8.16. The number of aliphatic hydroxyl groups is 1. The molecule has 6 heteroatoms. The van der Waals surface area contributed by atoms with Crippen LogP contribution in [0.15, 0.2) is 24.3 Å². The maximum Gasteiger partial charge on any atom is 0.289 e. The number of carbonyl (C=O) groups is 2. The molecule has 0 aliphatic carbocycles. The number of hydrogen-bond donors (Lipinski definition) is 1. The van der Waals surface area contributed by atoms with Crippen LogP contribution in [0.5, 0.6) is 5.75 Å². The predicted molar refractivity (Wildman–Crippen MR) is 81.5 cm³/mol. The summed E-state index contributed by atoms with van der Waals surface area (Å²) >= 11 is 0.983. The lowest BCUT2D eigenvalue weighted by Gasteiger charge is -2.20. The van der Waals surface area contributed by atoms with E-state index in [1.807, 2.05) is 31.2 Å². The average Bonchev–Trinajstić information content (AvgIpc) is 2.60. The van der Waals surface area contributed by atoms with E-state index in [0.29, 0.717) is 5.75 Å². The van der Waals surface area contributed by atoms with Crippen LogP contribution >= 0.6 is 11.8 Å². The van der Waals surface area contributed by atoms with Crippen LogP contribution in [0.3, 0.4) is 0 Å². The Hall–Kier alpha value is -1.53. The van der Waals surface area contributed by atoms with Crippen LogP contribution in [-0.4, -0.2) is 45.2 Å². The number of amides is 2. The number of imide groups is 1. The fourth-order valence-corrected chi connectivity index (χ4v) is 2.95. The number of hydrogen-bond acceptors (Lipinski definition) is 5. The van der Waals surface area contributed by atoms with Crippen LogP contribution in [0.4, 0.5) is 4.79 Å². The largest absolute Gasteiger partial charge is 0.491 e. The highest BCUT2D eigenvalue weighted by atomic mass is 32.2. The zero-order valence-electron chi connectivity index (χ0n) is 12.3. The Morgan fingerprint density at radius 2 is 2.00 bits per heavy atom. The Bertz CT molecular complexity index is 558. The normalized spacial score (nSPS) is 19.0. The monoisotopic (exact) mass is 309 g/mol. The third-order valence-corrected chi connectivity index (χ3v) is 4.32. The molecule has 2 amide bonds. The van der Waals surface area contributed by atoms with Crippen molar-refractivity contribution in [1.29, 1.82) is 0 Å². The average molecular weight is 309 g/mol. The van der Waals surface area contributed by atoms with Crippen molar-refractivity contribution in [2.45, 2.75) is 31.6 Å². The molecule has 1 aromatic rings. The zero-order chi connectivity index (χ0) is 15.6. The molecule has 0 spiro atoms. The van der Waals surface area contributed by atoms with Crippen LogP contribution in [0.2, 0.25) is 0 Å². The summed E-state index contributed by atoms with van der Waals surface area (Å²) in [6.45, 7) is 5.31. The molecular formula is C15H19NO4S. The molecule has 0 radical (unpaired) electrons. The standard InChI is InChI=1S/C15H19NO4S/c1-10-6-4-5-7-12(10)20-9-11(17)8-16-13(18)15(2,3)21-14(16)19/h4-7,11,17H,8-9H2,1-3H3/t11-/m0/s1. The van der Waals surface area contributed by atoms with Gasteiger partial charge in [-0.2, -0.15) is 0 Å². The van der Waals surface area contributed by atoms with E-state index < -0.39 is 10.9 Å². The van der Waals surface area contributed by atoms with Crippen LogP contribution in [0, 0.1) is 6.92 Å². The van der Waals surface area contributed by atoms with E-state index in [0.717, 1.165) is 22.2 Å². The van der Waals surface area contributed by atoms with Gasteiger partial charge in [0, 0.05) is 0 Å². The van der Waals surface area contributed by atoms with Gasteiger partial charge in [0.05, 0.1) is 11.3 Å². The lowest BCUT2D eigenvalue weighted by Crippen LogP contribution is -2.41. The lowest BCUT2D eigenvalue weighted by molar-refractivity contribution is -0.130.